The lowest BCUT2D eigenvalue weighted by molar-refractivity contribution is -0.117. The molecule has 0 saturated carbocycles. The van der Waals surface area contributed by atoms with Crippen LogP contribution >= 0.6 is 0 Å². The molecule has 0 fully saturated rings. The Labute approximate surface area is 87.6 Å². The second-order valence-electron chi connectivity index (χ2n) is 3.69. The highest BCUT2D eigenvalue weighted by atomic mass is 16.5. The zero-order valence-corrected chi connectivity index (χ0v) is 8.86. The molecule has 2 heterocycles. The van der Waals surface area contributed by atoms with Crippen molar-refractivity contribution in [3.63, 3.8) is 0 Å². The van der Waals surface area contributed by atoms with Gasteiger partial charge in [0.2, 0.25) is 5.91 Å². The van der Waals surface area contributed by atoms with Crippen molar-refractivity contribution in [2.24, 2.45) is 12.8 Å². The number of nitrogens with zero attached hydrogens (tertiary/aromatic N) is 3. The van der Waals surface area contributed by atoms with Gasteiger partial charge in [0.15, 0.2) is 5.82 Å². The van der Waals surface area contributed by atoms with Gasteiger partial charge in [-0.3, -0.25) is 9.48 Å². The van der Waals surface area contributed by atoms with Crippen molar-refractivity contribution in [3.8, 4) is 0 Å². The Morgan fingerprint density at radius 3 is 3.00 bits per heavy atom. The third-order valence-electron chi connectivity index (χ3n) is 2.49. The molecular formula is C9H14N4O2. The van der Waals surface area contributed by atoms with E-state index in [4.69, 9.17) is 10.5 Å². The van der Waals surface area contributed by atoms with Gasteiger partial charge in [-0.05, 0) is 0 Å². The van der Waals surface area contributed by atoms with Gasteiger partial charge in [0.05, 0.1) is 18.7 Å². The summed E-state index contributed by atoms with van der Waals surface area (Å²) in [6, 6.07) is 0. The predicted molar refractivity (Wildman–Crippen MR) is 54.2 cm³/mol. The van der Waals surface area contributed by atoms with E-state index in [0.717, 1.165) is 17.1 Å². The monoisotopic (exact) mass is 210 g/mol. The minimum absolute atomic E-state index is 0.204. The fourth-order valence-electron chi connectivity index (χ4n) is 1.77. The molecule has 1 amide bonds. The van der Waals surface area contributed by atoms with Crippen molar-refractivity contribution in [2.45, 2.75) is 13.0 Å². The SMILES string of the molecule is CN1COCc2c1nn(C)c2CC(N)=O. The maximum absolute atomic E-state index is 10.9. The van der Waals surface area contributed by atoms with Crippen LogP contribution in [-0.4, -0.2) is 29.5 Å². The molecule has 6 nitrogen and oxygen atoms in total. The Balaban J connectivity index is 2.42. The number of hydrogen-bond acceptors (Lipinski definition) is 4. The van der Waals surface area contributed by atoms with Gasteiger partial charge in [-0.1, -0.05) is 0 Å². The molecule has 15 heavy (non-hydrogen) atoms. The molecule has 82 valence electrons. The maximum Gasteiger partial charge on any atom is 0.223 e. The lowest BCUT2D eigenvalue weighted by atomic mass is 10.1. The predicted octanol–water partition coefficient (Wildman–Crippen LogP) is -0.628. The van der Waals surface area contributed by atoms with Gasteiger partial charge in [-0.15, -0.1) is 0 Å². The molecule has 6 heteroatoms. The first-order valence-electron chi connectivity index (χ1n) is 4.71. The number of fused-ring (bicyclic) bond motifs is 1. The Morgan fingerprint density at radius 2 is 2.33 bits per heavy atom. The van der Waals surface area contributed by atoms with Crippen molar-refractivity contribution in [3.05, 3.63) is 11.3 Å². The van der Waals surface area contributed by atoms with E-state index >= 15 is 0 Å². The van der Waals surface area contributed by atoms with E-state index in [1.165, 1.54) is 0 Å². The summed E-state index contributed by atoms with van der Waals surface area (Å²) in [7, 11) is 3.71. The van der Waals surface area contributed by atoms with Crippen LogP contribution < -0.4 is 10.6 Å². The molecule has 2 rings (SSSR count). The molecule has 0 spiro atoms. The first-order chi connectivity index (χ1) is 7.09. The zero-order chi connectivity index (χ0) is 11.0. The number of carbonyl (C=O) groups excluding carboxylic acids is 1. The van der Waals surface area contributed by atoms with E-state index in [-0.39, 0.29) is 12.3 Å². The van der Waals surface area contributed by atoms with Crippen LogP contribution in [0.4, 0.5) is 5.82 Å². The van der Waals surface area contributed by atoms with Gasteiger partial charge in [0.25, 0.3) is 0 Å². The maximum atomic E-state index is 10.9. The number of anilines is 1. The van der Waals surface area contributed by atoms with Gasteiger partial charge < -0.3 is 15.4 Å². The quantitative estimate of drug-likeness (QED) is 0.705. The number of rotatable bonds is 2. The summed E-state index contributed by atoms with van der Waals surface area (Å²) in [6.07, 6.45) is 0.204. The van der Waals surface area contributed by atoms with E-state index < -0.39 is 0 Å². The second kappa shape index (κ2) is 3.54. The lowest BCUT2D eigenvalue weighted by Crippen LogP contribution is -2.27. The molecule has 0 unspecified atom stereocenters. The number of ether oxygens (including phenoxy) is 1. The molecule has 0 aromatic carbocycles. The summed E-state index contributed by atoms with van der Waals surface area (Å²) in [5, 5.41) is 4.34. The van der Waals surface area contributed by atoms with Gasteiger partial charge >= 0.3 is 0 Å². The van der Waals surface area contributed by atoms with E-state index in [2.05, 4.69) is 5.10 Å². The Kier molecular flexibility index (Phi) is 2.36. The molecule has 0 aliphatic carbocycles. The van der Waals surface area contributed by atoms with Crippen molar-refractivity contribution < 1.29 is 9.53 Å². The minimum atomic E-state index is -0.353. The number of nitrogens with two attached hydrogens (primary N) is 1. The molecular weight excluding hydrogens is 196 g/mol. The number of amides is 1. The van der Waals surface area contributed by atoms with Gasteiger partial charge in [-0.25, -0.2) is 0 Å². The molecule has 0 saturated heterocycles. The van der Waals surface area contributed by atoms with E-state index in [1.807, 2.05) is 19.0 Å². The first kappa shape index (κ1) is 9.97. The van der Waals surface area contributed by atoms with E-state index in [9.17, 15) is 4.79 Å². The van der Waals surface area contributed by atoms with E-state index in [1.54, 1.807) is 4.68 Å². The first-order valence-corrected chi connectivity index (χ1v) is 4.71. The van der Waals surface area contributed by atoms with Crippen LogP contribution in [0, 0.1) is 0 Å². The van der Waals surface area contributed by atoms with Gasteiger partial charge in [0, 0.05) is 19.7 Å². The van der Waals surface area contributed by atoms with Crippen LogP contribution in [0.25, 0.3) is 0 Å². The summed E-state index contributed by atoms with van der Waals surface area (Å²) >= 11 is 0. The van der Waals surface area contributed by atoms with Crippen LogP contribution in [0.2, 0.25) is 0 Å². The fourth-order valence-corrected chi connectivity index (χ4v) is 1.77. The molecule has 1 aromatic rings. The lowest BCUT2D eigenvalue weighted by Gasteiger charge is -2.23. The molecule has 1 aromatic heterocycles. The number of aryl methyl sites for hydroxylation is 1. The molecule has 1 aliphatic rings. The molecule has 0 atom stereocenters. The van der Waals surface area contributed by atoms with Crippen LogP contribution in [-0.2, 0) is 29.6 Å². The molecule has 2 N–H and O–H groups in total. The van der Waals surface area contributed by atoms with Crippen LogP contribution in [0.5, 0.6) is 0 Å². The Hall–Kier alpha value is -1.56. The fraction of sp³-hybridized carbons (Fsp3) is 0.556. The third-order valence-corrected chi connectivity index (χ3v) is 2.49. The van der Waals surface area contributed by atoms with Crippen molar-refractivity contribution >= 4 is 11.7 Å². The number of carbonyl (C=O) groups is 1. The smallest absolute Gasteiger partial charge is 0.223 e. The van der Waals surface area contributed by atoms with Crippen LogP contribution in [0.1, 0.15) is 11.3 Å². The number of aromatic nitrogens is 2. The van der Waals surface area contributed by atoms with Crippen LogP contribution in [0.15, 0.2) is 0 Å². The summed E-state index contributed by atoms with van der Waals surface area (Å²) in [5.41, 5.74) is 6.99. The largest absolute Gasteiger partial charge is 0.369 e. The van der Waals surface area contributed by atoms with Crippen molar-refractivity contribution in [2.75, 3.05) is 18.7 Å². The number of primary amides is 1. The zero-order valence-electron chi connectivity index (χ0n) is 8.86. The highest BCUT2D eigenvalue weighted by Crippen LogP contribution is 2.26. The third kappa shape index (κ3) is 1.68. The molecule has 1 aliphatic heterocycles. The highest BCUT2D eigenvalue weighted by molar-refractivity contribution is 5.77. The van der Waals surface area contributed by atoms with Crippen LogP contribution in [0.3, 0.4) is 0 Å². The van der Waals surface area contributed by atoms with E-state index in [0.29, 0.717) is 13.3 Å². The topological polar surface area (TPSA) is 73.4 Å². The average Bonchev–Trinajstić information content (AvgIpc) is 2.45. The van der Waals surface area contributed by atoms with Crippen molar-refractivity contribution in [1.29, 1.82) is 0 Å². The summed E-state index contributed by atoms with van der Waals surface area (Å²) in [4.78, 5) is 12.8. The Bertz CT molecular complexity index is 399. The van der Waals surface area contributed by atoms with Gasteiger partial charge in [0.1, 0.15) is 6.73 Å². The standard InChI is InChI=1S/C9H14N4O2/c1-12-5-15-4-6-7(3-8(10)14)13(2)11-9(6)12/h3-5H2,1-2H3,(H2,10,14). The number of hydrogen-bond donors (Lipinski definition) is 1. The molecule has 0 radical (unpaired) electrons. The molecule has 0 bridgehead atoms. The summed E-state index contributed by atoms with van der Waals surface area (Å²) in [5.74, 6) is 0.522. The van der Waals surface area contributed by atoms with Gasteiger partial charge in [-0.2, -0.15) is 5.10 Å². The van der Waals surface area contributed by atoms with Crippen molar-refractivity contribution in [1.82, 2.24) is 9.78 Å². The normalized spacial score (nSPS) is 15.2. The average molecular weight is 210 g/mol. The summed E-state index contributed by atoms with van der Waals surface area (Å²) in [6.45, 7) is 1.02. The highest BCUT2D eigenvalue weighted by Gasteiger charge is 2.23. The summed E-state index contributed by atoms with van der Waals surface area (Å²) < 4.78 is 7.06. The Morgan fingerprint density at radius 1 is 1.60 bits per heavy atom. The minimum Gasteiger partial charge on any atom is -0.369 e. The second-order valence-corrected chi connectivity index (χ2v) is 3.69.